The average Bonchev–Trinajstić information content (AvgIpc) is 2.50. The van der Waals surface area contributed by atoms with Crippen LogP contribution in [0.2, 0.25) is 11.8 Å². The first-order valence-corrected chi connectivity index (χ1v) is 7.98. The molecule has 0 atom stereocenters. The Morgan fingerprint density at radius 3 is 2.77 bits per heavy atom. The van der Waals surface area contributed by atoms with Gasteiger partial charge in [0.2, 0.25) is 0 Å². The van der Waals surface area contributed by atoms with E-state index < -0.39 is 0 Å². The van der Waals surface area contributed by atoms with Crippen LogP contribution in [-0.4, -0.2) is 23.4 Å². The second-order valence-corrected chi connectivity index (χ2v) is 6.36. The molecule has 0 aromatic heterocycles. The number of hydrogen-bond acceptors (Lipinski definition) is 3. The Labute approximate surface area is 137 Å². The number of anilines is 2. The fourth-order valence-corrected chi connectivity index (χ4v) is 3.03. The Morgan fingerprint density at radius 1 is 1.18 bits per heavy atom. The van der Waals surface area contributed by atoms with Crippen molar-refractivity contribution in [2.45, 2.75) is 26.7 Å². The van der Waals surface area contributed by atoms with E-state index in [0.29, 0.717) is 0 Å². The van der Waals surface area contributed by atoms with Gasteiger partial charge in [-0.05, 0) is 67.7 Å². The van der Waals surface area contributed by atoms with Crippen LogP contribution in [-0.2, 0) is 13.0 Å². The maximum Gasteiger partial charge on any atom is 0.376 e. The summed E-state index contributed by atoms with van der Waals surface area (Å²) in [5.41, 5.74) is 5.92. The predicted molar refractivity (Wildman–Crippen MR) is 93.9 cm³/mol. The molecule has 2 aromatic carbocycles. The molecule has 114 valence electrons. The Balaban J connectivity index is 1.81. The molecule has 5 heteroatoms. The summed E-state index contributed by atoms with van der Waals surface area (Å²) >= 11 is 6.07. The van der Waals surface area contributed by atoms with Gasteiger partial charge in [-0.25, -0.2) is 0 Å². The molecule has 3 rings (SSSR count). The summed E-state index contributed by atoms with van der Waals surface area (Å²) in [6.45, 7) is 5.59. The van der Waals surface area contributed by atoms with Crippen molar-refractivity contribution in [3.63, 3.8) is 0 Å². The summed E-state index contributed by atoms with van der Waals surface area (Å²) in [5.74, 6) is 0. The lowest BCUT2D eigenvalue weighted by Crippen LogP contribution is -2.40. The number of rotatable bonds is 3. The highest BCUT2D eigenvalue weighted by Crippen LogP contribution is 2.27. The topological polar surface area (TPSA) is 35.5 Å². The molecule has 2 N–H and O–H groups in total. The zero-order valence-electron chi connectivity index (χ0n) is 12.9. The van der Waals surface area contributed by atoms with Crippen LogP contribution in [0.4, 0.5) is 11.4 Å². The Morgan fingerprint density at radius 2 is 2.00 bits per heavy atom. The Kier molecular flexibility index (Phi) is 4.43. The molecule has 1 aliphatic heterocycles. The third kappa shape index (κ3) is 3.30. The van der Waals surface area contributed by atoms with Crippen LogP contribution in [0, 0.1) is 6.92 Å². The fourth-order valence-electron chi connectivity index (χ4n) is 2.86. The van der Waals surface area contributed by atoms with Crippen molar-refractivity contribution in [3.8, 4) is 0 Å². The molecule has 0 radical (unpaired) electrons. The molecule has 22 heavy (non-hydrogen) atoms. The van der Waals surface area contributed by atoms with Crippen LogP contribution in [0.3, 0.4) is 0 Å². The number of nitrogens with one attached hydrogen (secondary N) is 1. The van der Waals surface area contributed by atoms with Crippen LogP contribution in [0.25, 0.3) is 0 Å². The first kappa shape index (κ1) is 15.4. The quantitative estimate of drug-likeness (QED) is 0.845. The van der Waals surface area contributed by atoms with Crippen LogP contribution in [0.1, 0.15) is 16.7 Å². The third-order valence-electron chi connectivity index (χ3n) is 4.26. The van der Waals surface area contributed by atoms with Gasteiger partial charge < -0.3 is 15.2 Å². The standard InChI is InChI=1S/C17H20BClN2O/c1-12-3-5-15(19)10-17(12)20-16-6-4-14-11-21(18(2)22)8-7-13(14)9-16/h3-6,9-10,20,22H,7-8,11H2,1-2H3. The van der Waals surface area contributed by atoms with E-state index in [-0.39, 0.29) is 7.05 Å². The normalized spacial score (nSPS) is 14.5. The minimum absolute atomic E-state index is 0.389. The third-order valence-corrected chi connectivity index (χ3v) is 4.49. The molecule has 0 saturated heterocycles. The van der Waals surface area contributed by atoms with E-state index in [2.05, 4.69) is 35.3 Å². The van der Waals surface area contributed by atoms with Gasteiger partial charge in [-0.15, -0.1) is 0 Å². The minimum atomic E-state index is -0.389. The fraction of sp³-hybridized carbons (Fsp3) is 0.294. The second kappa shape index (κ2) is 6.33. The Bertz CT molecular complexity index is 690. The molecule has 0 amide bonds. The van der Waals surface area contributed by atoms with Crippen molar-refractivity contribution < 1.29 is 5.02 Å². The first-order valence-electron chi connectivity index (χ1n) is 7.60. The van der Waals surface area contributed by atoms with Gasteiger partial charge in [0.25, 0.3) is 0 Å². The molecule has 2 aromatic rings. The molecule has 0 bridgehead atoms. The molecule has 0 saturated carbocycles. The highest BCUT2D eigenvalue weighted by molar-refractivity contribution is 6.45. The smallest absolute Gasteiger partial charge is 0.376 e. The lowest BCUT2D eigenvalue weighted by molar-refractivity contribution is 0.347. The number of nitrogens with zero attached hydrogens (tertiary/aromatic N) is 1. The highest BCUT2D eigenvalue weighted by Gasteiger charge is 2.22. The number of halogens is 1. The SMILES string of the molecule is CB(O)N1CCc2cc(Nc3cc(Cl)ccc3C)ccc2C1. The van der Waals surface area contributed by atoms with Crippen molar-refractivity contribution in [1.82, 2.24) is 4.81 Å². The van der Waals surface area contributed by atoms with Gasteiger partial charge in [-0.1, -0.05) is 23.7 Å². The van der Waals surface area contributed by atoms with Gasteiger partial charge in [-0.3, -0.25) is 0 Å². The number of aryl methyl sites for hydroxylation is 1. The second-order valence-electron chi connectivity index (χ2n) is 5.92. The number of benzene rings is 2. The Hall–Kier alpha value is -1.49. The largest absolute Gasteiger partial charge is 0.437 e. The molecule has 0 unspecified atom stereocenters. The molecule has 3 nitrogen and oxygen atoms in total. The molecule has 0 spiro atoms. The minimum Gasteiger partial charge on any atom is -0.437 e. The lowest BCUT2D eigenvalue weighted by atomic mass is 9.81. The van der Waals surface area contributed by atoms with E-state index in [1.807, 2.05) is 25.0 Å². The summed E-state index contributed by atoms with van der Waals surface area (Å²) in [5, 5.41) is 13.9. The summed E-state index contributed by atoms with van der Waals surface area (Å²) in [4.78, 5) is 2.08. The molecule has 0 aliphatic carbocycles. The summed E-state index contributed by atoms with van der Waals surface area (Å²) in [6.07, 6.45) is 0.963. The van der Waals surface area contributed by atoms with Gasteiger partial charge in [-0.2, -0.15) is 0 Å². The number of fused-ring (bicyclic) bond motifs is 1. The van der Waals surface area contributed by atoms with Crippen molar-refractivity contribution in [3.05, 3.63) is 58.1 Å². The summed E-state index contributed by atoms with van der Waals surface area (Å²) < 4.78 is 0. The van der Waals surface area contributed by atoms with E-state index in [9.17, 15) is 5.02 Å². The van der Waals surface area contributed by atoms with E-state index in [1.165, 1.54) is 16.7 Å². The zero-order chi connectivity index (χ0) is 15.7. The molecule has 1 heterocycles. The van der Waals surface area contributed by atoms with Crippen LogP contribution in [0.5, 0.6) is 0 Å². The molecular weight excluding hydrogens is 294 g/mol. The van der Waals surface area contributed by atoms with Gasteiger partial charge in [0.15, 0.2) is 0 Å². The van der Waals surface area contributed by atoms with E-state index >= 15 is 0 Å². The van der Waals surface area contributed by atoms with Crippen LogP contribution >= 0.6 is 11.6 Å². The van der Waals surface area contributed by atoms with Crippen LogP contribution < -0.4 is 5.32 Å². The van der Waals surface area contributed by atoms with E-state index in [1.54, 1.807) is 0 Å². The van der Waals surface area contributed by atoms with Crippen LogP contribution in [0.15, 0.2) is 36.4 Å². The predicted octanol–water partition coefficient (Wildman–Crippen LogP) is 3.86. The average molecular weight is 315 g/mol. The highest BCUT2D eigenvalue weighted by atomic mass is 35.5. The lowest BCUT2D eigenvalue weighted by Gasteiger charge is -2.29. The monoisotopic (exact) mass is 314 g/mol. The summed E-state index contributed by atoms with van der Waals surface area (Å²) in [6, 6.07) is 12.3. The van der Waals surface area contributed by atoms with Gasteiger partial charge in [0, 0.05) is 22.9 Å². The molecule has 1 aliphatic rings. The van der Waals surface area contributed by atoms with E-state index in [0.717, 1.165) is 35.9 Å². The maximum atomic E-state index is 9.71. The first-order chi connectivity index (χ1) is 10.5. The van der Waals surface area contributed by atoms with Crippen molar-refractivity contribution >= 4 is 30.0 Å². The zero-order valence-corrected chi connectivity index (χ0v) is 13.7. The summed E-state index contributed by atoms with van der Waals surface area (Å²) in [7, 11) is -0.389. The van der Waals surface area contributed by atoms with Gasteiger partial charge in [0.1, 0.15) is 0 Å². The van der Waals surface area contributed by atoms with Crippen molar-refractivity contribution in [1.29, 1.82) is 0 Å². The number of hydrogen-bond donors (Lipinski definition) is 2. The maximum absolute atomic E-state index is 9.71. The molecule has 0 fully saturated rings. The van der Waals surface area contributed by atoms with Gasteiger partial charge in [0.05, 0.1) is 0 Å². The van der Waals surface area contributed by atoms with E-state index in [4.69, 9.17) is 11.6 Å². The van der Waals surface area contributed by atoms with Crippen molar-refractivity contribution in [2.75, 3.05) is 11.9 Å². The molecular formula is C17H20BClN2O. The van der Waals surface area contributed by atoms with Gasteiger partial charge >= 0.3 is 7.05 Å². The van der Waals surface area contributed by atoms with Crippen molar-refractivity contribution in [2.24, 2.45) is 0 Å².